The summed E-state index contributed by atoms with van der Waals surface area (Å²) >= 11 is 14.0. The maximum atomic E-state index is 13.4. The number of esters is 1. The summed E-state index contributed by atoms with van der Waals surface area (Å²) in [4.78, 5) is 26.2. The predicted octanol–water partition coefficient (Wildman–Crippen LogP) is 7.07. The van der Waals surface area contributed by atoms with E-state index >= 15 is 0 Å². The van der Waals surface area contributed by atoms with Crippen LogP contribution in [0.5, 0.6) is 0 Å². The van der Waals surface area contributed by atoms with E-state index in [0.29, 0.717) is 32.0 Å². The second-order valence-corrected chi connectivity index (χ2v) is 10.4. The van der Waals surface area contributed by atoms with Gasteiger partial charge in [-0.3, -0.25) is 4.79 Å². The first kappa shape index (κ1) is 28.3. The molecule has 0 aliphatic carbocycles. The fourth-order valence-electron chi connectivity index (χ4n) is 4.18. The highest BCUT2D eigenvalue weighted by atomic mass is 35.5. The van der Waals surface area contributed by atoms with Gasteiger partial charge in [0.1, 0.15) is 0 Å². The zero-order valence-electron chi connectivity index (χ0n) is 21.3. The molecule has 4 rings (SSSR count). The van der Waals surface area contributed by atoms with Crippen LogP contribution in [0.3, 0.4) is 0 Å². The van der Waals surface area contributed by atoms with Crippen molar-refractivity contribution in [2.24, 2.45) is 0 Å². The number of thioether (sulfide) groups is 1. The molecule has 1 aliphatic rings. The van der Waals surface area contributed by atoms with E-state index in [1.54, 1.807) is 43.3 Å². The van der Waals surface area contributed by atoms with Crippen molar-refractivity contribution in [1.82, 2.24) is 5.32 Å². The minimum absolute atomic E-state index is 0.00502. The van der Waals surface area contributed by atoms with Crippen LogP contribution in [0.15, 0.2) is 89.0 Å². The molecule has 0 fully saturated rings. The molecule has 3 aromatic rings. The summed E-state index contributed by atoms with van der Waals surface area (Å²) in [5, 5.41) is 17.8. The highest BCUT2D eigenvalue weighted by Gasteiger charge is 2.38. The number of carbonyl (C=O) groups is 2. The third kappa shape index (κ3) is 6.48. The smallest absolute Gasteiger partial charge is 0.337 e. The third-order valence-electron chi connectivity index (χ3n) is 6.03. The van der Waals surface area contributed by atoms with Crippen LogP contribution >= 0.6 is 35.0 Å². The number of anilines is 1. The minimum Gasteiger partial charge on any atom is -0.463 e. The number of ether oxygens (including phenoxy) is 1. The Bertz CT molecular complexity index is 1510. The van der Waals surface area contributed by atoms with Crippen molar-refractivity contribution in [2.75, 3.05) is 17.7 Å². The maximum absolute atomic E-state index is 13.4. The number of hydrogen-bond donors (Lipinski definition) is 2. The van der Waals surface area contributed by atoms with E-state index in [4.69, 9.17) is 27.9 Å². The molecule has 0 spiro atoms. The van der Waals surface area contributed by atoms with Crippen molar-refractivity contribution in [2.45, 2.75) is 19.8 Å². The molecule has 0 aromatic heterocycles. The largest absolute Gasteiger partial charge is 0.463 e. The average molecular weight is 579 g/mol. The van der Waals surface area contributed by atoms with Gasteiger partial charge < -0.3 is 15.4 Å². The van der Waals surface area contributed by atoms with Gasteiger partial charge in [-0.15, -0.1) is 0 Å². The molecule has 0 saturated heterocycles. The van der Waals surface area contributed by atoms with Gasteiger partial charge in [0.05, 0.1) is 46.2 Å². The van der Waals surface area contributed by atoms with Crippen LogP contribution in [0.2, 0.25) is 10.0 Å². The van der Waals surface area contributed by atoms with Gasteiger partial charge in [-0.05, 0) is 48.7 Å². The Morgan fingerprint density at radius 3 is 2.44 bits per heavy atom. The van der Waals surface area contributed by atoms with Crippen LogP contribution in [-0.4, -0.2) is 24.2 Å². The molecule has 1 atom stereocenters. The molecule has 39 heavy (non-hydrogen) atoms. The number of dihydropyridines is 1. The van der Waals surface area contributed by atoms with Crippen molar-refractivity contribution < 1.29 is 14.3 Å². The number of nitrogens with one attached hydrogen (secondary N) is 2. The van der Waals surface area contributed by atoms with Crippen LogP contribution < -0.4 is 10.6 Å². The quantitative estimate of drug-likeness (QED) is 0.278. The van der Waals surface area contributed by atoms with E-state index in [9.17, 15) is 14.9 Å². The molecule has 1 aliphatic heterocycles. The molecule has 0 radical (unpaired) electrons. The zero-order valence-corrected chi connectivity index (χ0v) is 23.6. The van der Waals surface area contributed by atoms with E-state index in [1.807, 2.05) is 43.3 Å². The second kappa shape index (κ2) is 12.9. The molecule has 6 nitrogen and oxygen atoms in total. The number of carbonyl (C=O) groups excluding carboxylic acids is 2. The van der Waals surface area contributed by atoms with Gasteiger partial charge >= 0.3 is 5.97 Å². The molecule has 3 aromatic carbocycles. The first-order valence-corrected chi connectivity index (χ1v) is 13.9. The summed E-state index contributed by atoms with van der Waals surface area (Å²) in [5.41, 5.74) is 3.83. The van der Waals surface area contributed by atoms with Gasteiger partial charge in [0.15, 0.2) is 0 Å². The lowest BCUT2D eigenvalue weighted by Crippen LogP contribution is -2.30. The van der Waals surface area contributed by atoms with Gasteiger partial charge in [0, 0.05) is 15.7 Å². The summed E-state index contributed by atoms with van der Waals surface area (Å²) in [6, 6.07) is 23.9. The zero-order chi connectivity index (χ0) is 27.9. The van der Waals surface area contributed by atoms with E-state index in [2.05, 4.69) is 16.7 Å². The SMILES string of the molecule is CCOC(=O)C1=C(c2ccccc2)NC(SCC(=O)Nc2ccc(C)c(Cl)c2)=C(C#N)[C@H]1c1ccccc1Cl. The van der Waals surface area contributed by atoms with E-state index in [-0.39, 0.29) is 29.4 Å². The molecule has 0 bridgehead atoms. The molecule has 2 N–H and O–H groups in total. The maximum Gasteiger partial charge on any atom is 0.337 e. The number of nitrogens with zero attached hydrogens (tertiary/aromatic N) is 1. The summed E-state index contributed by atoms with van der Waals surface area (Å²) in [7, 11) is 0. The molecule has 1 heterocycles. The Labute approximate surface area is 241 Å². The summed E-state index contributed by atoms with van der Waals surface area (Å²) in [5.74, 6) is -1.63. The number of benzene rings is 3. The minimum atomic E-state index is -0.805. The Kier molecular flexibility index (Phi) is 9.36. The van der Waals surface area contributed by atoms with Crippen LogP contribution in [0.1, 0.15) is 29.5 Å². The van der Waals surface area contributed by atoms with E-state index < -0.39 is 11.9 Å². The highest BCUT2D eigenvalue weighted by Crippen LogP contribution is 2.45. The number of hydrogen-bond acceptors (Lipinski definition) is 6. The van der Waals surface area contributed by atoms with Crippen molar-refractivity contribution >= 4 is 58.2 Å². The van der Waals surface area contributed by atoms with E-state index in [1.165, 1.54) is 11.8 Å². The number of allylic oxidation sites excluding steroid dienone is 1. The molecular formula is C30H25Cl2N3O3S. The topological polar surface area (TPSA) is 91.2 Å². The average Bonchev–Trinajstić information content (AvgIpc) is 2.94. The van der Waals surface area contributed by atoms with Gasteiger partial charge in [-0.25, -0.2) is 4.79 Å². The predicted molar refractivity (Wildman–Crippen MR) is 157 cm³/mol. The molecular weight excluding hydrogens is 553 g/mol. The number of amides is 1. The summed E-state index contributed by atoms with van der Waals surface area (Å²) < 4.78 is 5.44. The van der Waals surface area contributed by atoms with Gasteiger partial charge in [-0.1, -0.05) is 89.6 Å². The Morgan fingerprint density at radius 2 is 1.77 bits per heavy atom. The lowest BCUT2D eigenvalue weighted by molar-refractivity contribution is -0.138. The fraction of sp³-hybridized carbons (Fsp3) is 0.167. The number of halogens is 2. The van der Waals surface area contributed by atoms with Crippen LogP contribution in [0.25, 0.3) is 5.70 Å². The lowest BCUT2D eigenvalue weighted by atomic mass is 9.81. The van der Waals surface area contributed by atoms with Gasteiger partial charge in [-0.2, -0.15) is 5.26 Å². The van der Waals surface area contributed by atoms with Gasteiger partial charge in [0.2, 0.25) is 5.91 Å². The van der Waals surface area contributed by atoms with Crippen LogP contribution in [0.4, 0.5) is 5.69 Å². The molecule has 0 unspecified atom stereocenters. The summed E-state index contributed by atoms with van der Waals surface area (Å²) in [6.45, 7) is 3.77. The molecule has 9 heteroatoms. The highest BCUT2D eigenvalue weighted by molar-refractivity contribution is 8.03. The van der Waals surface area contributed by atoms with Crippen molar-refractivity contribution in [3.05, 3.63) is 116 Å². The second-order valence-electron chi connectivity index (χ2n) is 8.61. The van der Waals surface area contributed by atoms with Crippen molar-refractivity contribution in [1.29, 1.82) is 5.26 Å². The Balaban J connectivity index is 1.76. The number of nitriles is 1. The van der Waals surface area contributed by atoms with Crippen LogP contribution in [-0.2, 0) is 14.3 Å². The van der Waals surface area contributed by atoms with Crippen molar-refractivity contribution in [3.8, 4) is 6.07 Å². The van der Waals surface area contributed by atoms with Crippen molar-refractivity contribution in [3.63, 3.8) is 0 Å². The first-order chi connectivity index (χ1) is 18.8. The fourth-order valence-corrected chi connectivity index (χ4v) is 5.45. The Morgan fingerprint density at radius 1 is 1.05 bits per heavy atom. The Hall–Kier alpha value is -3.70. The lowest BCUT2D eigenvalue weighted by Gasteiger charge is -2.31. The summed E-state index contributed by atoms with van der Waals surface area (Å²) in [6.07, 6.45) is 0. The molecule has 0 saturated carbocycles. The van der Waals surface area contributed by atoms with Crippen LogP contribution in [0, 0.1) is 18.3 Å². The number of rotatable bonds is 8. The number of aryl methyl sites for hydroxylation is 1. The molecule has 198 valence electrons. The first-order valence-electron chi connectivity index (χ1n) is 12.1. The monoisotopic (exact) mass is 577 g/mol. The normalized spacial score (nSPS) is 14.9. The van der Waals surface area contributed by atoms with Gasteiger partial charge in [0.25, 0.3) is 0 Å². The standard InChI is InChI=1S/C30H25Cl2N3O3S/c1-3-38-30(37)27-26(21-11-7-8-12-23(21)31)22(16-33)29(35-28(27)19-9-5-4-6-10-19)39-17-25(36)34-20-14-13-18(2)24(32)15-20/h4-15,26,35H,3,17H2,1-2H3,(H,34,36)/t26-/m1/s1. The van der Waals surface area contributed by atoms with E-state index in [0.717, 1.165) is 11.1 Å². The third-order valence-corrected chi connectivity index (χ3v) is 7.80. The molecule has 1 amide bonds.